The van der Waals surface area contributed by atoms with E-state index in [0.717, 1.165) is 11.3 Å². The van der Waals surface area contributed by atoms with Gasteiger partial charge in [-0.2, -0.15) is 10.1 Å². The molecule has 0 bridgehead atoms. The zero-order valence-corrected chi connectivity index (χ0v) is 15.5. The molecule has 2 aromatic carbocycles. The fourth-order valence-electron chi connectivity index (χ4n) is 2.72. The summed E-state index contributed by atoms with van der Waals surface area (Å²) < 4.78 is 4.75. The van der Waals surface area contributed by atoms with Crippen molar-refractivity contribution >= 4 is 35.0 Å². The Labute approximate surface area is 158 Å². The maximum absolute atomic E-state index is 12.9. The first-order valence-electron chi connectivity index (χ1n) is 8.53. The summed E-state index contributed by atoms with van der Waals surface area (Å²) in [6.07, 6.45) is 1.69. The first-order valence-corrected chi connectivity index (χ1v) is 8.53. The molecule has 0 spiro atoms. The van der Waals surface area contributed by atoms with Crippen LogP contribution < -0.4 is 9.91 Å². The van der Waals surface area contributed by atoms with E-state index in [0.29, 0.717) is 17.0 Å². The van der Waals surface area contributed by atoms with Crippen LogP contribution in [-0.4, -0.2) is 38.8 Å². The number of carbonyl (C=O) groups excluding carboxylic acids is 2. The van der Waals surface area contributed by atoms with Crippen molar-refractivity contribution in [2.75, 3.05) is 31.1 Å². The van der Waals surface area contributed by atoms with E-state index in [2.05, 4.69) is 5.10 Å². The van der Waals surface area contributed by atoms with E-state index in [-0.39, 0.29) is 12.3 Å². The van der Waals surface area contributed by atoms with Gasteiger partial charge in [0.05, 0.1) is 30.5 Å². The Hall–Kier alpha value is -3.41. The van der Waals surface area contributed by atoms with Gasteiger partial charge in [0.25, 0.3) is 5.91 Å². The fraction of sp³-hybridized carbons (Fsp3) is 0.190. The van der Waals surface area contributed by atoms with Gasteiger partial charge < -0.3 is 9.64 Å². The quantitative estimate of drug-likeness (QED) is 0.605. The smallest absolute Gasteiger partial charge is 0.311 e. The third kappa shape index (κ3) is 4.06. The Morgan fingerprint density at radius 2 is 1.78 bits per heavy atom. The third-order valence-corrected chi connectivity index (χ3v) is 4.22. The molecule has 1 aliphatic rings. The molecular weight excluding hydrogens is 342 g/mol. The van der Waals surface area contributed by atoms with Crippen LogP contribution in [0.5, 0.6) is 0 Å². The van der Waals surface area contributed by atoms with Crippen LogP contribution in [0.3, 0.4) is 0 Å². The summed E-state index contributed by atoms with van der Waals surface area (Å²) in [4.78, 5) is 26.7. The molecule has 0 aliphatic carbocycles. The van der Waals surface area contributed by atoms with Crippen LogP contribution >= 0.6 is 0 Å². The number of para-hydroxylation sites is 1. The minimum Gasteiger partial charge on any atom is -0.469 e. The second kappa shape index (κ2) is 7.86. The lowest BCUT2D eigenvalue weighted by Gasteiger charge is -2.12. The molecule has 0 fully saturated rings. The minimum atomic E-state index is -0.440. The zero-order chi connectivity index (χ0) is 19.4. The van der Waals surface area contributed by atoms with E-state index in [4.69, 9.17) is 4.74 Å². The van der Waals surface area contributed by atoms with Gasteiger partial charge in [-0.3, -0.25) is 9.59 Å². The number of hydrazone groups is 1. The predicted octanol–water partition coefficient (Wildman–Crippen LogP) is 3.10. The van der Waals surface area contributed by atoms with Gasteiger partial charge in [0.1, 0.15) is 0 Å². The van der Waals surface area contributed by atoms with Crippen LogP contribution in [0.1, 0.15) is 12.0 Å². The average Bonchev–Trinajstić information content (AvgIpc) is 2.98. The highest BCUT2D eigenvalue weighted by Crippen LogP contribution is 2.26. The van der Waals surface area contributed by atoms with E-state index in [9.17, 15) is 9.59 Å². The molecule has 6 nitrogen and oxygen atoms in total. The molecule has 27 heavy (non-hydrogen) atoms. The van der Waals surface area contributed by atoms with Crippen LogP contribution in [0, 0.1) is 0 Å². The summed E-state index contributed by atoms with van der Waals surface area (Å²) >= 11 is 0. The largest absolute Gasteiger partial charge is 0.469 e. The minimum absolute atomic E-state index is 0.0623. The molecule has 0 aromatic heterocycles. The van der Waals surface area contributed by atoms with E-state index < -0.39 is 5.97 Å². The Balaban J connectivity index is 1.97. The monoisotopic (exact) mass is 363 g/mol. The number of anilines is 2. The van der Waals surface area contributed by atoms with Crippen LogP contribution in [0.15, 0.2) is 65.3 Å². The Bertz CT molecular complexity index is 900. The summed E-state index contributed by atoms with van der Waals surface area (Å²) in [7, 11) is 5.25. The maximum atomic E-state index is 12.9. The number of rotatable bonds is 5. The maximum Gasteiger partial charge on any atom is 0.311 e. The lowest BCUT2D eigenvalue weighted by Crippen LogP contribution is -2.21. The highest BCUT2D eigenvalue weighted by Gasteiger charge is 2.32. The second-order valence-electron chi connectivity index (χ2n) is 6.30. The number of esters is 1. The van der Waals surface area contributed by atoms with E-state index in [1.165, 1.54) is 12.1 Å². The number of ether oxygens (including phenoxy) is 1. The Kier molecular flexibility index (Phi) is 5.35. The van der Waals surface area contributed by atoms with Gasteiger partial charge in [0.15, 0.2) is 0 Å². The number of carbonyl (C=O) groups is 2. The molecule has 6 heteroatoms. The average molecular weight is 363 g/mol. The number of hydrogen-bond donors (Lipinski definition) is 0. The summed E-state index contributed by atoms with van der Waals surface area (Å²) in [5.74, 6) is -0.706. The molecule has 0 atom stereocenters. The first kappa shape index (κ1) is 18.4. The molecule has 3 rings (SSSR count). The summed E-state index contributed by atoms with van der Waals surface area (Å²) in [6, 6.07) is 16.9. The highest BCUT2D eigenvalue weighted by atomic mass is 16.5. The molecular formula is C21H21N3O3. The summed E-state index contributed by atoms with van der Waals surface area (Å²) in [6.45, 7) is 0. The van der Waals surface area contributed by atoms with Gasteiger partial charge in [0, 0.05) is 19.8 Å². The van der Waals surface area contributed by atoms with Gasteiger partial charge in [-0.25, -0.2) is 0 Å². The van der Waals surface area contributed by atoms with E-state index in [1.807, 2.05) is 61.5 Å². The van der Waals surface area contributed by atoms with E-state index in [1.54, 1.807) is 18.2 Å². The number of nitrogens with zero attached hydrogens (tertiary/aromatic N) is 3. The third-order valence-electron chi connectivity index (χ3n) is 4.22. The second-order valence-corrected chi connectivity index (χ2v) is 6.30. The Morgan fingerprint density at radius 1 is 1.11 bits per heavy atom. The standard InChI is InChI=1S/C21H21N3O3/c1-23(2)16-11-9-15(10-12-16)13-18-19(14-20(25)27-3)22-24(21(18)26)17-7-5-4-6-8-17/h4-13H,14H2,1-3H3/b18-13-. The fourth-order valence-corrected chi connectivity index (χ4v) is 2.72. The van der Waals surface area contributed by atoms with Crippen LogP contribution in [0.25, 0.3) is 6.08 Å². The molecule has 0 radical (unpaired) electrons. The van der Waals surface area contributed by atoms with Gasteiger partial charge in [0.2, 0.25) is 0 Å². The molecule has 0 unspecified atom stereocenters. The van der Waals surface area contributed by atoms with Crippen molar-refractivity contribution in [2.45, 2.75) is 6.42 Å². The number of hydrogen-bond acceptors (Lipinski definition) is 5. The Morgan fingerprint density at radius 3 is 2.37 bits per heavy atom. The lowest BCUT2D eigenvalue weighted by molar-refractivity contribution is -0.139. The van der Waals surface area contributed by atoms with Crippen molar-refractivity contribution in [3.8, 4) is 0 Å². The SMILES string of the molecule is COC(=O)CC1=NN(c2ccccc2)C(=O)/C1=C\c1ccc(N(C)C)cc1. The summed E-state index contributed by atoms with van der Waals surface area (Å²) in [5.41, 5.74) is 3.35. The molecule has 0 N–H and O–H groups in total. The molecule has 1 heterocycles. The molecule has 1 amide bonds. The van der Waals surface area contributed by atoms with Gasteiger partial charge in [-0.05, 0) is 35.9 Å². The molecule has 0 saturated heterocycles. The molecule has 0 saturated carbocycles. The zero-order valence-electron chi connectivity index (χ0n) is 15.5. The van der Waals surface area contributed by atoms with Crippen molar-refractivity contribution in [1.29, 1.82) is 0 Å². The van der Waals surface area contributed by atoms with Crippen LogP contribution in [0.4, 0.5) is 11.4 Å². The van der Waals surface area contributed by atoms with Gasteiger partial charge in [-0.15, -0.1) is 0 Å². The van der Waals surface area contributed by atoms with Crippen LogP contribution in [0.2, 0.25) is 0 Å². The molecule has 2 aromatic rings. The normalized spacial score (nSPS) is 15.1. The van der Waals surface area contributed by atoms with Crippen molar-refractivity contribution in [2.24, 2.45) is 5.10 Å². The van der Waals surface area contributed by atoms with Crippen molar-refractivity contribution in [3.63, 3.8) is 0 Å². The van der Waals surface area contributed by atoms with Gasteiger partial charge in [-0.1, -0.05) is 30.3 Å². The van der Waals surface area contributed by atoms with Crippen molar-refractivity contribution in [3.05, 3.63) is 65.7 Å². The van der Waals surface area contributed by atoms with Crippen molar-refractivity contribution in [1.82, 2.24) is 0 Å². The number of amides is 1. The van der Waals surface area contributed by atoms with Crippen LogP contribution in [-0.2, 0) is 14.3 Å². The highest BCUT2D eigenvalue weighted by molar-refractivity contribution is 6.34. The van der Waals surface area contributed by atoms with E-state index >= 15 is 0 Å². The summed E-state index contributed by atoms with van der Waals surface area (Å²) in [5, 5.41) is 5.69. The topological polar surface area (TPSA) is 62.2 Å². The van der Waals surface area contributed by atoms with Gasteiger partial charge >= 0.3 is 5.97 Å². The number of benzene rings is 2. The predicted molar refractivity (Wildman–Crippen MR) is 107 cm³/mol. The molecule has 138 valence electrons. The number of methoxy groups -OCH3 is 1. The molecule has 1 aliphatic heterocycles. The first-order chi connectivity index (χ1) is 13.0. The van der Waals surface area contributed by atoms with Crippen molar-refractivity contribution < 1.29 is 14.3 Å². The lowest BCUT2D eigenvalue weighted by atomic mass is 10.0.